The molecule has 0 fully saturated rings. The molecule has 2 aromatic carbocycles. The van der Waals surface area contributed by atoms with Crippen molar-refractivity contribution >= 4 is 0 Å². The molecule has 0 aliphatic heterocycles. The molecule has 0 bridgehead atoms. The van der Waals surface area contributed by atoms with Crippen LogP contribution in [0.15, 0.2) is 42.5 Å². The van der Waals surface area contributed by atoms with Gasteiger partial charge in [-0.25, -0.2) is 0 Å². The van der Waals surface area contributed by atoms with Gasteiger partial charge in [0.25, 0.3) is 0 Å². The van der Waals surface area contributed by atoms with Crippen LogP contribution in [-0.2, 0) is 12.8 Å². The summed E-state index contributed by atoms with van der Waals surface area (Å²) < 4.78 is 5.23. The number of aliphatic hydroxyl groups excluding tert-OH is 1. The maximum Gasteiger partial charge on any atom is 0.119 e. The van der Waals surface area contributed by atoms with E-state index in [1.807, 2.05) is 24.3 Å². The predicted octanol–water partition coefficient (Wildman–Crippen LogP) is 3.90. The van der Waals surface area contributed by atoms with Gasteiger partial charge in [-0.1, -0.05) is 44.2 Å². The minimum Gasteiger partial charge on any atom is -0.497 e. The monoisotopic (exact) mass is 270 g/mol. The molecule has 1 N–H and O–H groups in total. The van der Waals surface area contributed by atoms with Gasteiger partial charge >= 0.3 is 0 Å². The van der Waals surface area contributed by atoms with Crippen molar-refractivity contribution in [2.45, 2.75) is 32.8 Å². The summed E-state index contributed by atoms with van der Waals surface area (Å²) in [6, 6.07) is 14.0. The van der Waals surface area contributed by atoms with Crippen molar-refractivity contribution in [2.75, 3.05) is 7.11 Å². The molecule has 0 saturated carbocycles. The zero-order valence-corrected chi connectivity index (χ0v) is 12.4. The molecule has 2 aromatic rings. The Morgan fingerprint density at radius 1 is 1.05 bits per heavy atom. The van der Waals surface area contributed by atoms with Crippen molar-refractivity contribution in [3.63, 3.8) is 0 Å². The topological polar surface area (TPSA) is 29.5 Å². The maximum atomic E-state index is 10.7. The second-order valence-electron chi connectivity index (χ2n) is 4.92. The number of ether oxygens (including phenoxy) is 1. The van der Waals surface area contributed by atoms with Crippen LogP contribution in [0.3, 0.4) is 0 Å². The summed E-state index contributed by atoms with van der Waals surface area (Å²) in [5.74, 6) is 0.770. The normalized spacial score (nSPS) is 12.2. The molecule has 2 heteroatoms. The summed E-state index contributed by atoms with van der Waals surface area (Å²) in [5.41, 5.74) is 4.31. The first-order chi connectivity index (χ1) is 9.69. The van der Waals surface area contributed by atoms with Gasteiger partial charge in [-0.05, 0) is 47.2 Å². The van der Waals surface area contributed by atoms with E-state index in [9.17, 15) is 5.11 Å². The Hall–Kier alpha value is -1.80. The zero-order chi connectivity index (χ0) is 14.5. The minimum atomic E-state index is -0.605. The van der Waals surface area contributed by atoms with E-state index in [0.29, 0.717) is 0 Å². The molecule has 0 saturated heterocycles. The first kappa shape index (κ1) is 14.6. The molecule has 2 rings (SSSR count). The van der Waals surface area contributed by atoms with E-state index in [4.69, 9.17) is 4.74 Å². The Morgan fingerprint density at radius 3 is 2.50 bits per heavy atom. The standard InChI is InChI=1S/C18H22O2/c1-4-13-9-10-14(5-2)17(11-13)18(19)15-7-6-8-16(12-15)20-3/h6-12,18-19H,4-5H2,1-3H3. The fourth-order valence-electron chi connectivity index (χ4n) is 2.43. The van der Waals surface area contributed by atoms with Crippen LogP contribution < -0.4 is 4.74 Å². The van der Waals surface area contributed by atoms with E-state index in [2.05, 4.69) is 32.0 Å². The van der Waals surface area contributed by atoms with E-state index < -0.39 is 6.10 Å². The van der Waals surface area contributed by atoms with Crippen molar-refractivity contribution in [3.8, 4) is 5.75 Å². The largest absolute Gasteiger partial charge is 0.497 e. The summed E-state index contributed by atoms with van der Waals surface area (Å²) in [5, 5.41) is 10.7. The highest BCUT2D eigenvalue weighted by Crippen LogP contribution is 2.28. The summed E-state index contributed by atoms with van der Waals surface area (Å²) in [7, 11) is 1.64. The highest BCUT2D eigenvalue weighted by Gasteiger charge is 2.15. The van der Waals surface area contributed by atoms with Gasteiger partial charge in [0.2, 0.25) is 0 Å². The van der Waals surface area contributed by atoms with Crippen molar-refractivity contribution in [1.82, 2.24) is 0 Å². The second-order valence-corrected chi connectivity index (χ2v) is 4.92. The lowest BCUT2D eigenvalue weighted by molar-refractivity contribution is 0.218. The quantitative estimate of drug-likeness (QED) is 0.892. The van der Waals surface area contributed by atoms with Crippen LogP contribution in [0.1, 0.15) is 42.2 Å². The molecule has 1 atom stereocenters. The molecule has 106 valence electrons. The predicted molar refractivity (Wildman–Crippen MR) is 82.3 cm³/mol. The van der Waals surface area contributed by atoms with Crippen LogP contribution in [0, 0.1) is 0 Å². The lowest BCUT2D eigenvalue weighted by Crippen LogP contribution is -2.05. The lowest BCUT2D eigenvalue weighted by atomic mass is 9.93. The molecule has 0 aromatic heterocycles. The van der Waals surface area contributed by atoms with Crippen molar-refractivity contribution in [1.29, 1.82) is 0 Å². The fraction of sp³-hybridized carbons (Fsp3) is 0.333. The van der Waals surface area contributed by atoms with Crippen molar-refractivity contribution in [3.05, 3.63) is 64.7 Å². The highest BCUT2D eigenvalue weighted by atomic mass is 16.5. The van der Waals surface area contributed by atoms with E-state index >= 15 is 0 Å². The molecule has 0 aliphatic rings. The van der Waals surface area contributed by atoms with Gasteiger partial charge in [0.15, 0.2) is 0 Å². The van der Waals surface area contributed by atoms with Crippen LogP contribution in [0.25, 0.3) is 0 Å². The molecule has 0 spiro atoms. The summed E-state index contributed by atoms with van der Waals surface area (Å²) in [4.78, 5) is 0. The molecular formula is C18H22O2. The third-order valence-corrected chi connectivity index (χ3v) is 3.70. The molecule has 0 heterocycles. The summed E-state index contributed by atoms with van der Waals surface area (Å²) >= 11 is 0. The van der Waals surface area contributed by atoms with Crippen molar-refractivity contribution < 1.29 is 9.84 Å². The summed E-state index contributed by atoms with van der Waals surface area (Å²) in [6.07, 6.45) is 1.29. The van der Waals surface area contributed by atoms with E-state index in [1.54, 1.807) is 7.11 Å². The van der Waals surface area contributed by atoms with Crippen LogP contribution in [0.2, 0.25) is 0 Å². The summed E-state index contributed by atoms with van der Waals surface area (Å²) in [6.45, 7) is 4.24. The number of methoxy groups -OCH3 is 1. The zero-order valence-electron chi connectivity index (χ0n) is 12.4. The van der Waals surface area contributed by atoms with Crippen LogP contribution in [-0.4, -0.2) is 12.2 Å². The minimum absolute atomic E-state index is 0.605. The third kappa shape index (κ3) is 3.02. The molecule has 0 radical (unpaired) electrons. The molecular weight excluding hydrogens is 248 g/mol. The van der Waals surface area contributed by atoms with Crippen LogP contribution in [0.5, 0.6) is 5.75 Å². The molecule has 1 unspecified atom stereocenters. The Labute approximate surface area is 121 Å². The van der Waals surface area contributed by atoms with E-state index in [-0.39, 0.29) is 0 Å². The van der Waals surface area contributed by atoms with Crippen LogP contribution in [0.4, 0.5) is 0 Å². The number of hydrogen-bond acceptors (Lipinski definition) is 2. The molecule has 0 aliphatic carbocycles. The van der Waals surface area contributed by atoms with E-state index in [0.717, 1.165) is 29.7 Å². The van der Waals surface area contributed by atoms with Gasteiger partial charge in [0.05, 0.1) is 7.11 Å². The first-order valence-corrected chi connectivity index (χ1v) is 7.13. The van der Waals surface area contributed by atoms with Gasteiger partial charge in [0, 0.05) is 0 Å². The average Bonchev–Trinajstić information content (AvgIpc) is 2.53. The molecule has 0 amide bonds. The Bertz CT molecular complexity index is 575. The first-order valence-electron chi connectivity index (χ1n) is 7.13. The van der Waals surface area contributed by atoms with Gasteiger partial charge in [-0.3, -0.25) is 0 Å². The average molecular weight is 270 g/mol. The smallest absolute Gasteiger partial charge is 0.119 e. The van der Waals surface area contributed by atoms with Gasteiger partial charge in [-0.2, -0.15) is 0 Å². The molecule has 2 nitrogen and oxygen atoms in total. The SMILES string of the molecule is CCc1ccc(CC)c(C(O)c2cccc(OC)c2)c1. The molecule has 20 heavy (non-hydrogen) atoms. The van der Waals surface area contributed by atoms with Crippen LogP contribution >= 0.6 is 0 Å². The number of rotatable bonds is 5. The highest BCUT2D eigenvalue weighted by molar-refractivity contribution is 5.41. The Kier molecular flexibility index (Phi) is 4.80. The fourth-order valence-corrected chi connectivity index (χ4v) is 2.43. The maximum absolute atomic E-state index is 10.7. The second kappa shape index (κ2) is 6.58. The number of benzene rings is 2. The number of aryl methyl sites for hydroxylation is 2. The van der Waals surface area contributed by atoms with E-state index in [1.165, 1.54) is 11.1 Å². The third-order valence-electron chi connectivity index (χ3n) is 3.70. The van der Waals surface area contributed by atoms with Gasteiger partial charge in [-0.15, -0.1) is 0 Å². The number of hydrogen-bond donors (Lipinski definition) is 1. The van der Waals surface area contributed by atoms with Gasteiger partial charge < -0.3 is 9.84 Å². The lowest BCUT2D eigenvalue weighted by Gasteiger charge is -2.17. The Balaban J connectivity index is 2.42. The van der Waals surface area contributed by atoms with Crippen molar-refractivity contribution in [2.24, 2.45) is 0 Å². The number of aliphatic hydroxyl groups is 1. The van der Waals surface area contributed by atoms with Gasteiger partial charge in [0.1, 0.15) is 11.9 Å². The Morgan fingerprint density at radius 2 is 1.85 bits per heavy atom.